The quantitative estimate of drug-likeness (QED) is 0.855. The van der Waals surface area contributed by atoms with E-state index in [1.807, 2.05) is 13.8 Å². The van der Waals surface area contributed by atoms with Gasteiger partial charge in [0, 0.05) is 28.5 Å². The van der Waals surface area contributed by atoms with Gasteiger partial charge in [-0.25, -0.2) is 9.18 Å². The van der Waals surface area contributed by atoms with Crippen molar-refractivity contribution in [3.63, 3.8) is 0 Å². The summed E-state index contributed by atoms with van der Waals surface area (Å²) in [6.45, 7) is 4.11. The lowest BCUT2D eigenvalue weighted by molar-refractivity contribution is 0.553. The van der Waals surface area contributed by atoms with Gasteiger partial charge < -0.3 is 0 Å². The first kappa shape index (κ1) is 13.1. The standard InChI is InChI=1S/C13H14BrFN2O/c1-9(2)17-6-5-16(13(17)18)8-10-7-11(14)3-4-12(10)15/h3-7,9H,8H2,1-2H3. The molecule has 18 heavy (non-hydrogen) atoms. The van der Waals surface area contributed by atoms with E-state index in [9.17, 15) is 9.18 Å². The first-order valence-corrected chi connectivity index (χ1v) is 6.49. The van der Waals surface area contributed by atoms with Gasteiger partial charge >= 0.3 is 5.69 Å². The third-order valence-electron chi connectivity index (χ3n) is 2.78. The summed E-state index contributed by atoms with van der Waals surface area (Å²) in [5, 5.41) is 0. The van der Waals surface area contributed by atoms with E-state index in [1.54, 1.807) is 29.1 Å². The molecule has 0 unspecified atom stereocenters. The second-order valence-corrected chi connectivity index (χ2v) is 5.36. The van der Waals surface area contributed by atoms with Gasteiger partial charge in [0.05, 0.1) is 6.54 Å². The zero-order chi connectivity index (χ0) is 13.3. The normalized spacial score (nSPS) is 11.2. The first-order chi connectivity index (χ1) is 8.49. The van der Waals surface area contributed by atoms with E-state index in [-0.39, 0.29) is 24.1 Å². The lowest BCUT2D eigenvalue weighted by Gasteiger charge is -2.06. The zero-order valence-corrected chi connectivity index (χ0v) is 11.8. The van der Waals surface area contributed by atoms with E-state index in [0.717, 1.165) is 4.47 Å². The van der Waals surface area contributed by atoms with Gasteiger partial charge in [0.2, 0.25) is 0 Å². The van der Waals surface area contributed by atoms with Crippen molar-refractivity contribution >= 4 is 15.9 Å². The van der Waals surface area contributed by atoms with Crippen LogP contribution >= 0.6 is 15.9 Å². The summed E-state index contributed by atoms with van der Waals surface area (Å²) in [6, 6.07) is 4.82. The summed E-state index contributed by atoms with van der Waals surface area (Å²) in [5.74, 6) is -0.303. The van der Waals surface area contributed by atoms with Crippen LogP contribution in [-0.4, -0.2) is 9.13 Å². The van der Waals surface area contributed by atoms with E-state index in [2.05, 4.69) is 15.9 Å². The van der Waals surface area contributed by atoms with Crippen molar-refractivity contribution in [2.24, 2.45) is 0 Å². The first-order valence-electron chi connectivity index (χ1n) is 5.70. The van der Waals surface area contributed by atoms with E-state index >= 15 is 0 Å². The second-order valence-electron chi connectivity index (χ2n) is 4.45. The molecule has 3 nitrogen and oxygen atoms in total. The third-order valence-corrected chi connectivity index (χ3v) is 3.27. The van der Waals surface area contributed by atoms with E-state index < -0.39 is 0 Å². The molecular weight excluding hydrogens is 299 g/mol. The highest BCUT2D eigenvalue weighted by Crippen LogP contribution is 2.16. The van der Waals surface area contributed by atoms with Crippen LogP contribution in [0.4, 0.5) is 4.39 Å². The Balaban J connectivity index is 2.35. The fraction of sp³-hybridized carbons (Fsp3) is 0.308. The molecule has 1 aromatic heterocycles. The monoisotopic (exact) mass is 312 g/mol. The maximum Gasteiger partial charge on any atom is 0.328 e. The Labute approximate surface area is 113 Å². The number of imidazole rings is 1. The van der Waals surface area contributed by atoms with Crippen LogP contribution in [0.3, 0.4) is 0 Å². The van der Waals surface area contributed by atoms with Crippen LogP contribution in [0.15, 0.2) is 39.9 Å². The highest BCUT2D eigenvalue weighted by molar-refractivity contribution is 9.10. The van der Waals surface area contributed by atoms with Gasteiger partial charge in [-0.15, -0.1) is 0 Å². The van der Waals surface area contributed by atoms with Crippen LogP contribution in [0.1, 0.15) is 25.5 Å². The van der Waals surface area contributed by atoms with Crippen LogP contribution in [0, 0.1) is 5.82 Å². The molecule has 5 heteroatoms. The molecule has 0 N–H and O–H groups in total. The maximum absolute atomic E-state index is 13.6. The fourth-order valence-electron chi connectivity index (χ4n) is 1.79. The molecule has 0 saturated heterocycles. The predicted molar refractivity (Wildman–Crippen MR) is 72.3 cm³/mol. The highest BCUT2D eigenvalue weighted by atomic mass is 79.9. The summed E-state index contributed by atoms with van der Waals surface area (Å²) in [5.41, 5.74) is 0.373. The van der Waals surface area contributed by atoms with Gasteiger partial charge in [0.1, 0.15) is 5.82 Å². The number of nitrogens with zero attached hydrogens (tertiary/aromatic N) is 2. The van der Waals surface area contributed by atoms with Crippen molar-refractivity contribution in [2.45, 2.75) is 26.4 Å². The van der Waals surface area contributed by atoms with Crippen LogP contribution in [0.25, 0.3) is 0 Å². The van der Waals surface area contributed by atoms with Gasteiger partial charge in [0.15, 0.2) is 0 Å². The minimum Gasteiger partial charge on any atom is -0.297 e. The van der Waals surface area contributed by atoms with Crippen molar-refractivity contribution < 1.29 is 4.39 Å². The van der Waals surface area contributed by atoms with Gasteiger partial charge in [-0.2, -0.15) is 0 Å². The number of halogens is 2. The van der Waals surface area contributed by atoms with Crippen molar-refractivity contribution in [2.75, 3.05) is 0 Å². The molecule has 0 saturated carbocycles. The average molecular weight is 313 g/mol. The smallest absolute Gasteiger partial charge is 0.297 e. The number of aromatic nitrogens is 2. The van der Waals surface area contributed by atoms with Gasteiger partial charge in [0.25, 0.3) is 0 Å². The van der Waals surface area contributed by atoms with Crippen molar-refractivity contribution in [1.29, 1.82) is 0 Å². The number of rotatable bonds is 3. The Bertz CT molecular complexity index is 616. The predicted octanol–water partition coefficient (Wildman–Crippen LogP) is 3.18. The molecule has 0 aliphatic heterocycles. The molecule has 0 aliphatic carbocycles. The largest absolute Gasteiger partial charge is 0.328 e. The van der Waals surface area contributed by atoms with E-state index in [1.165, 1.54) is 10.6 Å². The Morgan fingerprint density at radius 2 is 2.06 bits per heavy atom. The molecule has 0 fully saturated rings. The van der Waals surface area contributed by atoms with Gasteiger partial charge in [-0.05, 0) is 32.0 Å². The Hall–Kier alpha value is -1.36. The summed E-state index contributed by atoms with van der Waals surface area (Å²) in [7, 11) is 0. The molecule has 96 valence electrons. The molecule has 2 rings (SSSR count). The zero-order valence-electron chi connectivity index (χ0n) is 10.2. The van der Waals surface area contributed by atoms with E-state index in [4.69, 9.17) is 0 Å². The number of hydrogen-bond acceptors (Lipinski definition) is 1. The van der Waals surface area contributed by atoms with Crippen LogP contribution in [0.2, 0.25) is 0 Å². The van der Waals surface area contributed by atoms with E-state index in [0.29, 0.717) is 5.56 Å². The number of benzene rings is 1. The average Bonchev–Trinajstić information content (AvgIpc) is 2.66. The van der Waals surface area contributed by atoms with Gasteiger partial charge in [-0.1, -0.05) is 15.9 Å². The molecule has 0 atom stereocenters. The molecule has 1 aromatic carbocycles. The molecule has 2 aromatic rings. The Kier molecular flexibility index (Phi) is 3.71. The molecular formula is C13H14BrFN2O. The SMILES string of the molecule is CC(C)n1ccn(Cc2cc(Br)ccc2F)c1=O. The minimum absolute atomic E-state index is 0.103. The van der Waals surface area contributed by atoms with Crippen molar-refractivity contribution in [3.8, 4) is 0 Å². The topological polar surface area (TPSA) is 26.9 Å². The maximum atomic E-state index is 13.6. The van der Waals surface area contributed by atoms with Crippen molar-refractivity contribution in [1.82, 2.24) is 9.13 Å². The Morgan fingerprint density at radius 1 is 1.33 bits per heavy atom. The van der Waals surface area contributed by atoms with Crippen LogP contribution in [-0.2, 0) is 6.54 Å². The fourth-order valence-corrected chi connectivity index (χ4v) is 2.20. The third kappa shape index (κ3) is 2.56. The Morgan fingerprint density at radius 3 is 2.67 bits per heavy atom. The van der Waals surface area contributed by atoms with Crippen LogP contribution in [0.5, 0.6) is 0 Å². The summed E-state index contributed by atoms with van der Waals surface area (Å²) in [6.07, 6.45) is 3.41. The molecule has 0 amide bonds. The second kappa shape index (κ2) is 5.10. The molecule has 1 heterocycles. The molecule has 0 bridgehead atoms. The lowest BCUT2D eigenvalue weighted by atomic mass is 10.2. The summed E-state index contributed by atoms with van der Waals surface area (Å²) < 4.78 is 17.5. The summed E-state index contributed by atoms with van der Waals surface area (Å²) >= 11 is 3.30. The molecule has 0 spiro atoms. The highest BCUT2D eigenvalue weighted by Gasteiger charge is 2.09. The van der Waals surface area contributed by atoms with Gasteiger partial charge in [-0.3, -0.25) is 9.13 Å². The number of hydrogen-bond donors (Lipinski definition) is 0. The minimum atomic E-state index is -0.303. The molecule has 0 radical (unpaired) electrons. The van der Waals surface area contributed by atoms with Crippen LogP contribution < -0.4 is 5.69 Å². The van der Waals surface area contributed by atoms with Crippen molar-refractivity contribution in [3.05, 3.63) is 56.9 Å². The molecule has 0 aliphatic rings. The lowest BCUT2D eigenvalue weighted by Crippen LogP contribution is -2.25. The summed E-state index contributed by atoms with van der Waals surface area (Å²) in [4.78, 5) is 12.0.